The van der Waals surface area contributed by atoms with E-state index >= 15 is 0 Å². The lowest BCUT2D eigenvalue weighted by atomic mass is 9.48. The normalized spacial score (nSPS) is 43.5. The van der Waals surface area contributed by atoms with E-state index in [-0.39, 0.29) is 5.60 Å². The fourth-order valence-electron chi connectivity index (χ4n) is 8.64. The highest BCUT2D eigenvalue weighted by atomic mass is 16.3. The Hall–Kier alpha value is -1.07. The van der Waals surface area contributed by atoms with Crippen LogP contribution in [-0.4, -0.2) is 28.2 Å². The van der Waals surface area contributed by atoms with E-state index in [0.717, 1.165) is 61.8 Å². The van der Waals surface area contributed by atoms with Gasteiger partial charge in [0.25, 0.3) is 0 Å². The van der Waals surface area contributed by atoms with E-state index in [1.807, 2.05) is 0 Å². The van der Waals surface area contributed by atoms with E-state index in [1.54, 1.807) is 12.5 Å². The lowest BCUT2D eigenvalue weighted by Gasteiger charge is -2.57. The summed E-state index contributed by atoms with van der Waals surface area (Å²) in [6.07, 6.45) is 14.6. The van der Waals surface area contributed by atoms with Gasteiger partial charge in [-0.3, -0.25) is 0 Å². The summed E-state index contributed by atoms with van der Waals surface area (Å²) < 4.78 is 0. The minimum atomic E-state index is -0.373. The van der Waals surface area contributed by atoms with E-state index in [9.17, 15) is 5.11 Å². The van der Waals surface area contributed by atoms with Crippen LogP contribution in [-0.2, 0) is 0 Å². The van der Waals surface area contributed by atoms with E-state index in [1.165, 1.54) is 43.6 Å². The highest BCUT2D eigenvalue weighted by Crippen LogP contribution is 2.64. The van der Waals surface area contributed by atoms with Gasteiger partial charge in [-0.05, 0) is 106 Å². The number of hydrazine groups is 1. The van der Waals surface area contributed by atoms with E-state index in [4.69, 9.17) is 11.6 Å². The molecule has 0 amide bonds. The van der Waals surface area contributed by atoms with Crippen LogP contribution in [0.15, 0.2) is 16.8 Å². The lowest BCUT2D eigenvalue weighted by Crippen LogP contribution is -2.51. The van der Waals surface area contributed by atoms with Gasteiger partial charge in [0.2, 0.25) is 0 Å². The van der Waals surface area contributed by atoms with Crippen LogP contribution in [0.25, 0.3) is 0 Å². The summed E-state index contributed by atoms with van der Waals surface area (Å²) in [4.78, 5) is 0. The first-order valence-corrected chi connectivity index (χ1v) is 12.9. The summed E-state index contributed by atoms with van der Waals surface area (Å²) in [5.41, 5.74) is 7.26. The number of rotatable bonds is 6. The Labute approximate surface area is 189 Å². The molecule has 7 unspecified atom stereocenters. The summed E-state index contributed by atoms with van der Waals surface area (Å²) >= 11 is 0. The first kappa shape index (κ1) is 23.1. The maximum Gasteiger partial charge on any atom is 0.118 e. The first-order chi connectivity index (χ1) is 14.7. The molecule has 0 heterocycles. The molecule has 5 nitrogen and oxygen atoms in total. The number of nitrogens with two attached hydrogens (primary N) is 2. The zero-order chi connectivity index (χ0) is 22.4. The third-order valence-electron chi connectivity index (χ3n) is 9.74. The van der Waals surface area contributed by atoms with Gasteiger partial charge < -0.3 is 10.8 Å². The topological polar surface area (TPSA) is 87.9 Å². The predicted octanol–water partition coefficient (Wildman–Crippen LogP) is 4.81. The molecular weight excluding hydrogens is 384 g/mol. The summed E-state index contributed by atoms with van der Waals surface area (Å²) in [6, 6.07) is 0. The number of fused-ring (bicyclic) bond motifs is 5. The average molecular weight is 431 g/mol. The van der Waals surface area contributed by atoms with Crippen molar-refractivity contribution >= 4 is 5.84 Å². The molecule has 4 aliphatic rings. The predicted molar refractivity (Wildman–Crippen MR) is 128 cm³/mol. The zero-order valence-electron chi connectivity index (χ0n) is 20.3. The van der Waals surface area contributed by atoms with E-state index in [2.05, 4.69) is 31.9 Å². The van der Waals surface area contributed by atoms with Crippen LogP contribution in [0.4, 0.5) is 0 Å². The minimum Gasteiger partial charge on any atom is -0.390 e. The second-order valence-corrected chi connectivity index (χ2v) is 11.8. The molecule has 0 aromatic carbocycles. The molecule has 0 radical (unpaired) electrons. The molecule has 0 bridgehead atoms. The van der Waals surface area contributed by atoms with Crippen molar-refractivity contribution in [3.8, 4) is 0 Å². The largest absolute Gasteiger partial charge is 0.390 e. The number of aliphatic hydroxyl groups is 1. The molecule has 3 fully saturated rings. The van der Waals surface area contributed by atoms with Crippen molar-refractivity contribution in [2.24, 2.45) is 57.6 Å². The molecule has 0 aliphatic heterocycles. The van der Waals surface area contributed by atoms with Crippen LogP contribution in [0.5, 0.6) is 0 Å². The van der Waals surface area contributed by atoms with Gasteiger partial charge in [-0.1, -0.05) is 38.8 Å². The number of allylic oxidation sites excluding steroid dienone is 1. The van der Waals surface area contributed by atoms with Crippen molar-refractivity contribution < 1.29 is 5.11 Å². The van der Waals surface area contributed by atoms with E-state index < -0.39 is 0 Å². The SMILES string of the molecule is CCC[C@@]1(O)CCC2C(CCC3C2CCC2(C)C(C(C)CN(N)/N=C(/C)N)=CCC32)C1. The first-order valence-electron chi connectivity index (χ1n) is 12.9. The maximum atomic E-state index is 11.1. The summed E-state index contributed by atoms with van der Waals surface area (Å²) in [5.74, 6) is 11.1. The summed E-state index contributed by atoms with van der Waals surface area (Å²) in [7, 11) is 0. The summed E-state index contributed by atoms with van der Waals surface area (Å²) in [5, 5.41) is 16.8. The number of amidine groups is 1. The zero-order valence-corrected chi connectivity index (χ0v) is 20.3. The Bertz CT molecular complexity index is 716. The molecule has 31 heavy (non-hydrogen) atoms. The minimum absolute atomic E-state index is 0.313. The van der Waals surface area contributed by atoms with Gasteiger partial charge in [-0.25, -0.2) is 11.0 Å². The molecule has 4 aliphatic carbocycles. The highest BCUT2D eigenvalue weighted by molar-refractivity contribution is 5.77. The molecule has 0 aromatic rings. The van der Waals surface area contributed by atoms with Crippen molar-refractivity contribution in [1.82, 2.24) is 5.12 Å². The number of hydrazone groups is 1. The third kappa shape index (κ3) is 4.29. The van der Waals surface area contributed by atoms with Gasteiger partial charge in [0.05, 0.1) is 12.1 Å². The number of hydrogen-bond donors (Lipinski definition) is 3. The second kappa shape index (κ2) is 8.70. The van der Waals surface area contributed by atoms with Crippen molar-refractivity contribution in [2.75, 3.05) is 6.54 Å². The van der Waals surface area contributed by atoms with E-state index in [0.29, 0.717) is 17.2 Å². The Morgan fingerprint density at radius 2 is 1.97 bits per heavy atom. The fraction of sp³-hybridized carbons (Fsp3) is 0.885. The highest BCUT2D eigenvalue weighted by Gasteiger charge is 2.56. The van der Waals surface area contributed by atoms with Crippen LogP contribution in [0, 0.1) is 40.9 Å². The Morgan fingerprint density at radius 3 is 2.68 bits per heavy atom. The molecular formula is C26H46N4O. The Morgan fingerprint density at radius 1 is 1.23 bits per heavy atom. The second-order valence-electron chi connectivity index (χ2n) is 11.8. The fourth-order valence-corrected chi connectivity index (χ4v) is 8.64. The van der Waals surface area contributed by atoms with Crippen LogP contribution in [0.3, 0.4) is 0 Å². The van der Waals surface area contributed by atoms with Crippen LogP contribution in [0.2, 0.25) is 0 Å². The summed E-state index contributed by atoms with van der Waals surface area (Å²) in [6.45, 7) is 9.55. The molecule has 4 rings (SSSR count). The van der Waals surface area contributed by atoms with Crippen molar-refractivity contribution in [1.29, 1.82) is 0 Å². The standard InChI is InChI=1S/C26H46N4O/c1-5-12-26(31)14-11-20-19(15-26)6-7-22-21(20)10-13-25(4)23(8-9-24(22)25)17(2)16-30(28)29-18(3)27/h8,17,19-22,24,31H,5-7,9-16,28H2,1-4H3,(H2,27,29)/t17?,19?,20?,21?,22?,24?,25?,26-/m1/s1. The molecule has 176 valence electrons. The van der Waals surface area contributed by atoms with Gasteiger partial charge in [-0.2, -0.15) is 0 Å². The number of hydrogen-bond acceptors (Lipinski definition) is 4. The average Bonchev–Trinajstić information content (AvgIpc) is 3.04. The van der Waals surface area contributed by atoms with Crippen molar-refractivity contribution in [2.45, 2.75) is 97.5 Å². The number of nitrogens with zero attached hydrogens (tertiary/aromatic N) is 2. The maximum absolute atomic E-state index is 11.1. The monoisotopic (exact) mass is 430 g/mol. The third-order valence-corrected chi connectivity index (χ3v) is 9.74. The molecule has 8 atom stereocenters. The molecule has 3 saturated carbocycles. The molecule has 0 saturated heterocycles. The Kier molecular flexibility index (Phi) is 6.48. The van der Waals surface area contributed by atoms with Crippen LogP contribution < -0.4 is 11.6 Å². The molecule has 5 N–H and O–H groups in total. The molecule has 0 aromatic heterocycles. The Balaban J connectivity index is 1.44. The van der Waals surface area contributed by atoms with Crippen LogP contribution in [0.1, 0.15) is 91.9 Å². The van der Waals surface area contributed by atoms with Gasteiger partial charge in [0.1, 0.15) is 5.84 Å². The molecule has 0 spiro atoms. The van der Waals surface area contributed by atoms with Gasteiger partial charge >= 0.3 is 0 Å². The smallest absolute Gasteiger partial charge is 0.118 e. The van der Waals surface area contributed by atoms with Crippen molar-refractivity contribution in [3.63, 3.8) is 0 Å². The van der Waals surface area contributed by atoms with Gasteiger partial charge in [-0.15, -0.1) is 5.10 Å². The lowest BCUT2D eigenvalue weighted by molar-refractivity contribution is -0.101. The van der Waals surface area contributed by atoms with Gasteiger partial charge in [0.15, 0.2) is 0 Å². The van der Waals surface area contributed by atoms with Crippen LogP contribution >= 0.6 is 0 Å². The molecule has 5 heteroatoms. The van der Waals surface area contributed by atoms with Crippen molar-refractivity contribution in [3.05, 3.63) is 11.6 Å². The van der Waals surface area contributed by atoms with Gasteiger partial charge in [0, 0.05) is 0 Å². The quantitative estimate of drug-likeness (QED) is 0.185.